The lowest BCUT2D eigenvalue weighted by molar-refractivity contribution is -0.142. The molecule has 2 rings (SSSR count). The van der Waals surface area contributed by atoms with Gasteiger partial charge in [0, 0.05) is 29.1 Å². The summed E-state index contributed by atoms with van der Waals surface area (Å²) in [5.74, 6) is -1.19. The van der Waals surface area contributed by atoms with E-state index in [4.69, 9.17) is 4.74 Å². The summed E-state index contributed by atoms with van der Waals surface area (Å²) in [6.07, 6.45) is 0.303. The minimum atomic E-state index is -0.821. The van der Waals surface area contributed by atoms with Crippen LogP contribution in [0.2, 0.25) is 0 Å². The van der Waals surface area contributed by atoms with Crippen LogP contribution in [0.3, 0.4) is 0 Å². The van der Waals surface area contributed by atoms with E-state index in [1.807, 2.05) is 24.3 Å². The van der Waals surface area contributed by atoms with E-state index in [0.29, 0.717) is 17.7 Å². The molecule has 0 fully saturated rings. The zero-order valence-electron chi connectivity index (χ0n) is 14.4. The van der Waals surface area contributed by atoms with Gasteiger partial charge in [0.15, 0.2) is 0 Å². The van der Waals surface area contributed by atoms with Crippen molar-refractivity contribution in [1.29, 1.82) is 0 Å². The van der Waals surface area contributed by atoms with Crippen LogP contribution in [-0.2, 0) is 20.7 Å². The van der Waals surface area contributed by atoms with E-state index >= 15 is 0 Å². The van der Waals surface area contributed by atoms with Crippen molar-refractivity contribution in [1.82, 2.24) is 5.32 Å². The van der Waals surface area contributed by atoms with Crippen LogP contribution in [0.4, 0.5) is 5.69 Å². The van der Waals surface area contributed by atoms with E-state index in [9.17, 15) is 14.4 Å². The SMILES string of the molecule is COC(=O)[C@@H](Cc1ccc(Br)cc1)NC(=O)c1cccc(NC(C)=O)c1. The van der Waals surface area contributed by atoms with Crippen molar-refractivity contribution >= 4 is 39.4 Å². The van der Waals surface area contributed by atoms with Crippen molar-refractivity contribution in [2.24, 2.45) is 0 Å². The molecule has 136 valence electrons. The summed E-state index contributed by atoms with van der Waals surface area (Å²) in [6.45, 7) is 1.39. The number of benzene rings is 2. The fraction of sp³-hybridized carbons (Fsp3) is 0.211. The summed E-state index contributed by atoms with van der Waals surface area (Å²) < 4.78 is 5.73. The third kappa shape index (κ3) is 5.70. The van der Waals surface area contributed by atoms with Gasteiger partial charge in [0.25, 0.3) is 5.91 Å². The van der Waals surface area contributed by atoms with Crippen LogP contribution in [0.1, 0.15) is 22.8 Å². The zero-order chi connectivity index (χ0) is 19.1. The number of carbonyl (C=O) groups is 3. The van der Waals surface area contributed by atoms with Crippen LogP contribution in [0.15, 0.2) is 53.0 Å². The highest BCUT2D eigenvalue weighted by atomic mass is 79.9. The lowest BCUT2D eigenvalue weighted by Gasteiger charge is -2.17. The number of esters is 1. The molecule has 2 N–H and O–H groups in total. The molecule has 0 aromatic heterocycles. The van der Waals surface area contributed by atoms with Gasteiger partial charge in [0.05, 0.1) is 7.11 Å². The van der Waals surface area contributed by atoms with Gasteiger partial charge in [-0.15, -0.1) is 0 Å². The Labute approximate surface area is 160 Å². The smallest absolute Gasteiger partial charge is 0.328 e. The molecule has 2 aromatic rings. The summed E-state index contributed by atoms with van der Waals surface area (Å²) >= 11 is 3.36. The van der Waals surface area contributed by atoms with Crippen molar-refractivity contribution in [3.8, 4) is 0 Å². The third-order valence-corrected chi connectivity index (χ3v) is 4.12. The van der Waals surface area contributed by atoms with Gasteiger partial charge in [0.2, 0.25) is 5.91 Å². The number of rotatable bonds is 6. The minimum Gasteiger partial charge on any atom is -0.467 e. The fourth-order valence-electron chi connectivity index (χ4n) is 2.37. The average molecular weight is 419 g/mol. The topological polar surface area (TPSA) is 84.5 Å². The Kier molecular flexibility index (Phi) is 6.91. The normalized spacial score (nSPS) is 11.3. The number of halogens is 1. The molecule has 2 amide bonds. The molecule has 7 heteroatoms. The summed E-state index contributed by atoms with van der Waals surface area (Å²) in [4.78, 5) is 35.7. The molecule has 0 spiro atoms. The number of anilines is 1. The molecule has 0 heterocycles. The number of methoxy groups -OCH3 is 1. The molecule has 0 saturated carbocycles. The van der Waals surface area contributed by atoms with Crippen molar-refractivity contribution in [3.05, 3.63) is 64.1 Å². The maximum atomic E-state index is 12.5. The van der Waals surface area contributed by atoms with Crippen molar-refractivity contribution in [2.45, 2.75) is 19.4 Å². The molecule has 0 aliphatic heterocycles. The van der Waals surface area contributed by atoms with Gasteiger partial charge in [-0.2, -0.15) is 0 Å². The second kappa shape index (κ2) is 9.15. The van der Waals surface area contributed by atoms with Gasteiger partial charge in [-0.3, -0.25) is 9.59 Å². The summed E-state index contributed by atoms with van der Waals surface area (Å²) in [6, 6.07) is 13.1. The maximum absolute atomic E-state index is 12.5. The molecule has 1 atom stereocenters. The Bertz CT molecular complexity index is 805. The summed E-state index contributed by atoms with van der Waals surface area (Å²) in [5.41, 5.74) is 1.73. The fourth-order valence-corrected chi connectivity index (χ4v) is 2.64. The first kappa shape index (κ1) is 19.7. The highest BCUT2D eigenvalue weighted by Gasteiger charge is 2.22. The van der Waals surface area contributed by atoms with Gasteiger partial charge >= 0.3 is 5.97 Å². The second-order valence-electron chi connectivity index (χ2n) is 5.64. The van der Waals surface area contributed by atoms with E-state index in [0.717, 1.165) is 10.0 Å². The molecule has 26 heavy (non-hydrogen) atoms. The van der Waals surface area contributed by atoms with Crippen LogP contribution in [-0.4, -0.2) is 30.9 Å². The first-order valence-corrected chi connectivity index (χ1v) is 8.69. The predicted molar refractivity (Wildman–Crippen MR) is 102 cm³/mol. The molecule has 0 aliphatic rings. The first-order valence-electron chi connectivity index (χ1n) is 7.90. The number of hydrogen-bond acceptors (Lipinski definition) is 4. The predicted octanol–water partition coefficient (Wildman–Crippen LogP) is 2.92. The lowest BCUT2D eigenvalue weighted by Crippen LogP contribution is -2.43. The highest BCUT2D eigenvalue weighted by molar-refractivity contribution is 9.10. The molecular formula is C19H19BrN2O4. The van der Waals surface area contributed by atoms with E-state index in [1.54, 1.807) is 24.3 Å². The number of hydrogen-bond donors (Lipinski definition) is 2. The summed E-state index contributed by atoms with van der Waals surface area (Å²) in [5, 5.41) is 5.31. The average Bonchev–Trinajstić information content (AvgIpc) is 2.62. The van der Waals surface area contributed by atoms with Crippen molar-refractivity contribution in [3.63, 3.8) is 0 Å². The molecule has 2 aromatic carbocycles. The Morgan fingerprint density at radius 2 is 1.81 bits per heavy atom. The van der Waals surface area contributed by atoms with Gasteiger partial charge in [-0.1, -0.05) is 34.1 Å². The summed E-state index contributed by atoms with van der Waals surface area (Å²) in [7, 11) is 1.28. The first-order chi connectivity index (χ1) is 12.4. The number of amides is 2. The maximum Gasteiger partial charge on any atom is 0.328 e. The third-order valence-electron chi connectivity index (χ3n) is 3.59. The molecule has 0 saturated heterocycles. The quantitative estimate of drug-likeness (QED) is 0.706. The van der Waals surface area contributed by atoms with E-state index in [2.05, 4.69) is 26.6 Å². The van der Waals surface area contributed by atoms with Crippen LogP contribution in [0.5, 0.6) is 0 Å². The van der Waals surface area contributed by atoms with Crippen molar-refractivity contribution in [2.75, 3.05) is 12.4 Å². The van der Waals surface area contributed by atoms with Gasteiger partial charge in [-0.25, -0.2) is 4.79 Å². The molecular weight excluding hydrogens is 400 g/mol. The van der Waals surface area contributed by atoms with Gasteiger partial charge in [-0.05, 0) is 35.9 Å². The van der Waals surface area contributed by atoms with Crippen LogP contribution in [0.25, 0.3) is 0 Å². The van der Waals surface area contributed by atoms with Crippen LogP contribution >= 0.6 is 15.9 Å². The number of nitrogens with one attached hydrogen (secondary N) is 2. The molecule has 6 nitrogen and oxygen atoms in total. The second-order valence-corrected chi connectivity index (χ2v) is 6.56. The number of carbonyl (C=O) groups excluding carboxylic acids is 3. The van der Waals surface area contributed by atoms with E-state index < -0.39 is 17.9 Å². The monoisotopic (exact) mass is 418 g/mol. The molecule has 0 unspecified atom stereocenters. The molecule has 0 radical (unpaired) electrons. The lowest BCUT2D eigenvalue weighted by atomic mass is 10.1. The Morgan fingerprint density at radius 1 is 1.12 bits per heavy atom. The Morgan fingerprint density at radius 3 is 2.42 bits per heavy atom. The zero-order valence-corrected chi connectivity index (χ0v) is 16.0. The Hall–Kier alpha value is -2.67. The van der Waals surface area contributed by atoms with Crippen LogP contribution in [0, 0.1) is 0 Å². The van der Waals surface area contributed by atoms with Gasteiger partial charge < -0.3 is 15.4 Å². The molecule has 0 aliphatic carbocycles. The minimum absolute atomic E-state index is 0.231. The van der Waals surface area contributed by atoms with Crippen molar-refractivity contribution < 1.29 is 19.1 Å². The number of ether oxygens (including phenoxy) is 1. The van der Waals surface area contributed by atoms with E-state index in [-0.39, 0.29) is 5.91 Å². The van der Waals surface area contributed by atoms with Gasteiger partial charge in [0.1, 0.15) is 6.04 Å². The van der Waals surface area contributed by atoms with E-state index in [1.165, 1.54) is 14.0 Å². The van der Waals surface area contributed by atoms with Crippen LogP contribution < -0.4 is 10.6 Å². The standard InChI is InChI=1S/C19H19BrN2O4/c1-12(23)21-16-5-3-4-14(11-16)18(24)22-17(19(25)26-2)10-13-6-8-15(20)9-7-13/h3-9,11,17H,10H2,1-2H3,(H,21,23)(H,22,24)/t17-/m1/s1. The Balaban J connectivity index is 2.14. The highest BCUT2D eigenvalue weighted by Crippen LogP contribution is 2.14. The molecule has 0 bridgehead atoms. The largest absolute Gasteiger partial charge is 0.467 e.